The largest absolute Gasteiger partial charge is 0.378 e. The molecular formula is C12H25ClN2O2S. The number of carbonyl (C=O) groups excluding carboxylic acids is 1. The molecule has 0 aromatic rings. The molecule has 108 valence electrons. The molecule has 0 radical (unpaired) electrons. The van der Waals surface area contributed by atoms with Crippen LogP contribution in [0.5, 0.6) is 0 Å². The molecule has 1 atom stereocenters. The SMILES string of the molecule is CSC(C)C(=O)N1CCC(OCCCN)CC1.Cl. The van der Waals surface area contributed by atoms with Crippen LogP contribution in [0.4, 0.5) is 0 Å². The van der Waals surface area contributed by atoms with Gasteiger partial charge in [-0.05, 0) is 39.0 Å². The van der Waals surface area contributed by atoms with Crippen molar-refractivity contribution in [1.82, 2.24) is 4.90 Å². The zero-order chi connectivity index (χ0) is 12.7. The van der Waals surface area contributed by atoms with Crippen molar-refractivity contribution in [3.63, 3.8) is 0 Å². The Morgan fingerprint density at radius 3 is 2.61 bits per heavy atom. The highest BCUT2D eigenvalue weighted by molar-refractivity contribution is 7.99. The predicted molar refractivity (Wildman–Crippen MR) is 79.5 cm³/mol. The molecule has 0 spiro atoms. The second-order valence-electron chi connectivity index (χ2n) is 4.42. The maximum atomic E-state index is 11.9. The van der Waals surface area contributed by atoms with Crippen LogP contribution >= 0.6 is 24.2 Å². The Labute approximate surface area is 120 Å². The molecule has 1 rings (SSSR count). The minimum absolute atomic E-state index is 0. The first-order valence-corrected chi connectivity index (χ1v) is 7.61. The van der Waals surface area contributed by atoms with E-state index in [0.29, 0.717) is 12.6 Å². The standard InChI is InChI=1S/C12H24N2O2S.ClH/c1-10(17-2)12(15)14-7-4-11(5-8-14)16-9-3-6-13;/h10-11H,3-9,13H2,1-2H3;1H. The number of carbonyl (C=O) groups is 1. The number of hydrogen-bond acceptors (Lipinski definition) is 4. The number of ether oxygens (including phenoxy) is 1. The lowest BCUT2D eigenvalue weighted by molar-refractivity contribution is -0.132. The molecule has 1 amide bonds. The second kappa shape index (κ2) is 9.89. The van der Waals surface area contributed by atoms with E-state index in [9.17, 15) is 4.79 Å². The first-order valence-electron chi connectivity index (χ1n) is 6.32. The van der Waals surface area contributed by atoms with E-state index in [2.05, 4.69) is 0 Å². The zero-order valence-corrected chi connectivity index (χ0v) is 12.9. The highest BCUT2D eigenvalue weighted by Crippen LogP contribution is 2.17. The molecule has 0 saturated carbocycles. The Morgan fingerprint density at radius 1 is 1.50 bits per heavy atom. The van der Waals surface area contributed by atoms with Gasteiger partial charge < -0.3 is 15.4 Å². The van der Waals surface area contributed by atoms with E-state index in [0.717, 1.165) is 39.0 Å². The molecule has 1 saturated heterocycles. The van der Waals surface area contributed by atoms with Crippen LogP contribution in [0.1, 0.15) is 26.2 Å². The molecule has 2 N–H and O–H groups in total. The fourth-order valence-electron chi connectivity index (χ4n) is 1.93. The van der Waals surface area contributed by atoms with Gasteiger partial charge in [0.2, 0.25) is 5.91 Å². The number of nitrogens with two attached hydrogens (primary N) is 1. The number of halogens is 1. The third-order valence-corrected chi connectivity index (χ3v) is 4.07. The van der Waals surface area contributed by atoms with E-state index < -0.39 is 0 Å². The molecule has 0 bridgehead atoms. The first-order chi connectivity index (χ1) is 8.19. The van der Waals surface area contributed by atoms with Crippen LogP contribution in [0.25, 0.3) is 0 Å². The molecule has 0 aromatic heterocycles. The number of piperidine rings is 1. The molecule has 6 heteroatoms. The van der Waals surface area contributed by atoms with Gasteiger partial charge in [0.05, 0.1) is 11.4 Å². The molecule has 0 aromatic carbocycles. The van der Waals surface area contributed by atoms with Gasteiger partial charge >= 0.3 is 0 Å². The number of hydrogen-bond donors (Lipinski definition) is 1. The van der Waals surface area contributed by atoms with Crippen LogP contribution in [-0.4, -0.2) is 54.7 Å². The van der Waals surface area contributed by atoms with Crippen molar-refractivity contribution in [2.45, 2.75) is 37.5 Å². The summed E-state index contributed by atoms with van der Waals surface area (Å²) in [6.45, 7) is 5.06. The van der Waals surface area contributed by atoms with Crippen molar-refractivity contribution in [1.29, 1.82) is 0 Å². The molecule has 1 aliphatic rings. The Kier molecular flexibility index (Phi) is 9.91. The van der Waals surface area contributed by atoms with Gasteiger partial charge in [-0.1, -0.05) is 0 Å². The predicted octanol–water partition coefficient (Wildman–Crippen LogP) is 1.52. The molecule has 0 aliphatic carbocycles. The summed E-state index contributed by atoms with van der Waals surface area (Å²) < 4.78 is 5.72. The van der Waals surface area contributed by atoms with Gasteiger partial charge in [-0.3, -0.25) is 4.79 Å². The minimum Gasteiger partial charge on any atom is -0.378 e. The Bertz CT molecular complexity index is 236. The lowest BCUT2D eigenvalue weighted by Crippen LogP contribution is -2.44. The first kappa shape index (κ1) is 18.0. The summed E-state index contributed by atoms with van der Waals surface area (Å²) in [5, 5.41) is 0.0738. The molecule has 18 heavy (non-hydrogen) atoms. The average molecular weight is 297 g/mol. The van der Waals surface area contributed by atoms with E-state index >= 15 is 0 Å². The summed E-state index contributed by atoms with van der Waals surface area (Å²) in [4.78, 5) is 13.9. The molecule has 1 aliphatic heterocycles. The average Bonchev–Trinajstić information content (AvgIpc) is 2.38. The van der Waals surface area contributed by atoms with Gasteiger partial charge in [-0.2, -0.15) is 11.8 Å². The topological polar surface area (TPSA) is 55.6 Å². The van der Waals surface area contributed by atoms with Crippen LogP contribution in [0, 0.1) is 0 Å². The second-order valence-corrected chi connectivity index (χ2v) is 5.59. The third-order valence-electron chi connectivity index (χ3n) is 3.16. The maximum absolute atomic E-state index is 11.9. The summed E-state index contributed by atoms with van der Waals surface area (Å²) in [7, 11) is 0. The minimum atomic E-state index is 0. The van der Waals surface area contributed by atoms with Gasteiger partial charge in [0.25, 0.3) is 0 Å². The number of likely N-dealkylation sites (tertiary alicyclic amines) is 1. The van der Waals surface area contributed by atoms with Crippen molar-refractivity contribution in [3.05, 3.63) is 0 Å². The lowest BCUT2D eigenvalue weighted by atomic mass is 10.1. The number of rotatable bonds is 6. The van der Waals surface area contributed by atoms with Crippen molar-refractivity contribution >= 4 is 30.1 Å². The number of amides is 1. The summed E-state index contributed by atoms with van der Waals surface area (Å²) in [5.41, 5.74) is 5.42. The summed E-state index contributed by atoms with van der Waals surface area (Å²) >= 11 is 1.61. The van der Waals surface area contributed by atoms with Crippen LogP contribution in [0.15, 0.2) is 0 Å². The quantitative estimate of drug-likeness (QED) is 0.755. The molecular weight excluding hydrogens is 272 g/mol. The van der Waals surface area contributed by atoms with E-state index in [1.54, 1.807) is 11.8 Å². The fraction of sp³-hybridized carbons (Fsp3) is 0.917. The normalized spacial score (nSPS) is 18.3. The Balaban J connectivity index is 0.00000289. The van der Waals surface area contributed by atoms with Crippen molar-refractivity contribution in [3.8, 4) is 0 Å². The Hall–Kier alpha value is 0.0300. The van der Waals surface area contributed by atoms with Crippen LogP contribution in [-0.2, 0) is 9.53 Å². The smallest absolute Gasteiger partial charge is 0.235 e. The van der Waals surface area contributed by atoms with Crippen LogP contribution in [0.3, 0.4) is 0 Å². The lowest BCUT2D eigenvalue weighted by Gasteiger charge is -2.33. The highest BCUT2D eigenvalue weighted by Gasteiger charge is 2.25. The van der Waals surface area contributed by atoms with Gasteiger partial charge in [-0.25, -0.2) is 0 Å². The molecule has 4 nitrogen and oxygen atoms in total. The number of nitrogens with zero attached hydrogens (tertiary/aromatic N) is 1. The van der Waals surface area contributed by atoms with E-state index in [1.807, 2.05) is 18.1 Å². The molecule has 1 fully saturated rings. The fourth-order valence-corrected chi connectivity index (χ4v) is 2.28. The Morgan fingerprint density at radius 2 is 2.11 bits per heavy atom. The zero-order valence-electron chi connectivity index (χ0n) is 11.3. The summed E-state index contributed by atoms with van der Waals surface area (Å²) in [6.07, 6.45) is 5.12. The molecule has 1 unspecified atom stereocenters. The maximum Gasteiger partial charge on any atom is 0.235 e. The van der Waals surface area contributed by atoms with Crippen molar-refractivity contribution in [2.75, 3.05) is 32.5 Å². The van der Waals surface area contributed by atoms with E-state index in [-0.39, 0.29) is 23.6 Å². The monoisotopic (exact) mass is 296 g/mol. The van der Waals surface area contributed by atoms with E-state index in [4.69, 9.17) is 10.5 Å². The van der Waals surface area contributed by atoms with Gasteiger partial charge in [0, 0.05) is 19.7 Å². The molecule has 1 heterocycles. The third kappa shape index (κ3) is 5.78. The van der Waals surface area contributed by atoms with Gasteiger partial charge in [0.1, 0.15) is 0 Å². The van der Waals surface area contributed by atoms with Gasteiger partial charge in [0.15, 0.2) is 0 Å². The number of thioether (sulfide) groups is 1. The van der Waals surface area contributed by atoms with Crippen LogP contribution in [0.2, 0.25) is 0 Å². The summed E-state index contributed by atoms with van der Waals surface area (Å²) in [6, 6.07) is 0. The van der Waals surface area contributed by atoms with E-state index in [1.165, 1.54) is 0 Å². The highest BCUT2D eigenvalue weighted by atomic mass is 35.5. The van der Waals surface area contributed by atoms with Gasteiger partial charge in [-0.15, -0.1) is 12.4 Å². The summed E-state index contributed by atoms with van der Waals surface area (Å²) in [5.74, 6) is 0.262. The van der Waals surface area contributed by atoms with Crippen LogP contribution < -0.4 is 5.73 Å². The van der Waals surface area contributed by atoms with Crippen molar-refractivity contribution < 1.29 is 9.53 Å². The van der Waals surface area contributed by atoms with Crippen molar-refractivity contribution in [2.24, 2.45) is 5.73 Å².